The zero-order valence-electron chi connectivity index (χ0n) is 15.9. The average Bonchev–Trinajstić information content (AvgIpc) is 2.61. The maximum atomic E-state index is 13.2. The summed E-state index contributed by atoms with van der Waals surface area (Å²) in [5.41, 5.74) is 0.838. The third-order valence-electron chi connectivity index (χ3n) is 4.13. The van der Waals surface area contributed by atoms with Gasteiger partial charge in [0.2, 0.25) is 11.8 Å². The Morgan fingerprint density at radius 2 is 1.85 bits per heavy atom. The lowest BCUT2D eigenvalue weighted by atomic mass is 10.0. The molecular weight excluding hydrogens is 355 g/mol. The van der Waals surface area contributed by atoms with Crippen molar-refractivity contribution < 1.29 is 17.9 Å². The quantitative estimate of drug-likeness (QED) is 0.516. The molecule has 148 valence electrons. The van der Waals surface area contributed by atoms with Crippen LogP contribution in [0.2, 0.25) is 0 Å². The van der Waals surface area contributed by atoms with Gasteiger partial charge in [-0.15, -0.1) is 0 Å². The monoisotopic (exact) mass is 381 g/mol. The minimum absolute atomic E-state index is 0.0830. The van der Waals surface area contributed by atoms with Crippen LogP contribution in [0, 0.1) is 0 Å². The normalized spacial score (nSPS) is 11.7. The number of nitrogens with zero attached hydrogens (tertiary/aromatic N) is 2. The maximum absolute atomic E-state index is 13.2. The number of aromatic nitrogens is 2. The van der Waals surface area contributed by atoms with Gasteiger partial charge in [-0.05, 0) is 24.0 Å². The van der Waals surface area contributed by atoms with Gasteiger partial charge in [-0.1, -0.05) is 58.2 Å². The summed E-state index contributed by atoms with van der Waals surface area (Å²) in [6, 6.07) is 7.58. The third kappa shape index (κ3) is 6.12. The first kappa shape index (κ1) is 21.0. The van der Waals surface area contributed by atoms with Gasteiger partial charge in [0.15, 0.2) is 0 Å². The van der Waals surface area contributed by atoms with Crippen LogP contribution in [0.25, 0.3) is 0 Å². The molecular formula is C20H26F3N3O. The Kier molecular flexibility index (Phi) is 7.45. The minimum atomic E-state index is -4.56. The van der Waals surface area contributed by atoms with Crippen LogP contribution in [0.5, 0.6) is 5.88 Å². The van der Waals surface area contributed by atoms with Gasteiger partial charge in [-0.3, -0.25) is 0 Å². The Morgan fingerprint density at radius 3 is 2.52 bits per heavy atom. The maximum Gasteiger partial charge on any atom is 0.423 e. The van der Waals surface area contributed by atoms with E-state index in [4.69, 9.17) is 4.74 Å². The smallest absolute Gasteiger partial charge is 0.423 e. The molecule has 0 saturated heterocycles. The van der Waals surface area contributed by atoms with Crippen LogP contribution in [0.1, 0.15) is 63.5 Å². The summed E-state index contributed by atoms with van der Waals surface area (Å²) in [6.07, 6.45) is -0.117. The largest absolute Gasteiger partial charge is 0.477 e. The third-order valence-corrected chi connectivity index (χ3v) is 4.13. The Hall–Kier alpha value is -2.31. The van der Waals surface area contributed by atoms with E-state index in [1.165, 1.54) is 0 Å². The van der Waals surface area contributed by atoms with E-state index in [0.717, 1.165) is 36.7 Å². The highest BCUT2D eigenvalue weighted by Gasteiger charge is 2.36. The fourth-order valence-electron chi connectivity index (χ4n) is 2.66. The number of halogens is 3. The van der Waals surface area contributed by atoms with E-state index in [2.05, 4.69) is 22.2 Å². The number of anilines is 2. The number of nitrogens with one attached hydrogen (secondary N) is 1. The van der Waals surface area contributed by atoms with Gasteiger partial charge in [0.25, 0.3) is 0 Å². The lowest BCUT2D eigenvalue weighted by Crippen LogP contribution is -2.13. The zero-order valence-corrected chi connectivity index (χ0v) is 15.9. The second kappa shape index (κ2) is 9.58. The van der Waals surface area contributed by atoms with Crippen LogP contribution in [0.4, 0.5) is 24.8 Å². The molecule has 0 amide bonds. The summed E-state index contributed by atoms with van der Waals surface area (Å²) >= 11 is 0. The van der Waals surface area contributed by atoms with Crippen LogP contribution >= 0.6 is 0 Å². The van der Waals surface area contributed by atoms with E-state index in [9.17, 15) is 13.2 Å². The highest BCUT2D eigenvalue weighted by molar-refractivity contribution is 5.59. The van der Waals surface area contributed by atoms with E-state index in [-0.39, 0.29) is 18.5 Å². The molecule has 4 nitrogen and oxygen atoms in total. The lowest BCUT2D eigenvalue weighted by molar-refractivity contribution is -0.139. The molecule has 0 atom stereocenters. The molecule has 1 N–H and O–H groups in total. The van der Waals surface area contributed by atoms with E-state index >= 15 is 0 Å². The Balaban J connectivity index is 2.22. The molecule has 0 bridgehead atoms. The summed E-state index contributed by atoms with van der Waals surface area (Å²) < 4.78 is 45.0. The average molecular weight is 381 g/mol. The topological polar surface area (TPSA) is 47.0 Å². The summed E-state index contributed by atoms with van der Waals surface area (Å²) in [6.45, 7) is 6.35. The molecule has 2 aromatic rings. The summed E-state index contributed by atoms with van der Waals surface area (Å²) in [5.74, 6) is -0.101. The second-order valence-electron chi connectivity index (χ2n) is 6.69. The number of unbranched alkanes of at least 4 members (excludes halogenated alkanes) is 3. The first-order chi connectivity index (χ1) is 12.8. The number of alkyl halides is 3. The van der Waals surface area contributed by atoms with Crippen molar-refractivity contribution in [1.82, 2.24) is 9.97 Å². The lowest BCUT2D eigenvalue weighted by Gasteiger charge is -2.16. The minimum Gasteiger partial charge on any atom is -0.477 e. The molecule has 1 heterocycles. The Labute approximate surface area is 158 Å². The molecule has 1 aromatic heterocycles. The Morgan fingerprint density at radius 1 is 1.11 bits per heavy atom. The number of hydrogen-bond donors (Lipinski definition) is 1. The van der Waals surface area contributed by atoms with Crippen LogP contribution in [0.3, 0.4) is 0 Å². The van der Waals surface area contributed by atoms with E-state index in [0.29, 0.717) is 6.42 Å². The van der Waals surface area contributed by atoms with E-state index in [1.54, 1.807) is 0 Å². The number of para-hydroxylation sites is 1. The predicted molar refractivity (Wildman–Crippen MR) is 100 cm³/mol. The molecule has 7 heteroatoms. The molecule has 0 saturated carbocycles. The van der Waals surface area contributed by atoms with Crippen LogP contribution in [0.15, 0.2) is 30.5 Å². The highest BCUT2D eigenvalue weighted by Crippen LogP contribution is 2.35. The number of rotatable bonds is 9. The SMILES string of the molecule is CCCCCCOc1nc(Nc2ccccc2C(C)C)ncc1C(F)(F)F. The van der Waals surface area contributed by atoms with Gasteiger partial charge in [-0.25, -0.2) is 4.98 Å². The van der Waals surface area contributed by atoms with E-state index < -0.39 is 17.6 Å². The van der Waals surface area contributed by atoms with Crippen molar-refractivity contribution in [3.8, 4) is 5.88 Å². The second-order valence-corrected chi connectivity index (χ2v) is 6.69. The van der Waals surface area contributed by atoms with Crippen molar-refractivity contribution in [3.63, 3.8) is 0 Å². The van der Waals surface area contributed by atoms with Gasteiger partial charge in [0.1, 0.15) is 5.56 Å². The van der Waals surface area contributed by atoms with Crippen molar-refractivity contribution in [2.75, 3.05) is 11.9 Å². The molecule has 0 aliphatic carbocycles. The fraction of sp³-hybridized carbons (Fsp3) is 0.500. The predicted octanol–water partition coefficient (Wildman–Crippen LogP) is 6.32. The number of benzene rings is 1. The van der Waals surface area contributed by atoms with Gasteiger partial charge in [0, 0.05) is 11.9 Å². The standard InChI is InChI=1S/C20H26F3N3O/c1-4-5-6-9-12-27-18-16(20(21,22)23)13-24-19(26-18)25-17-11-8-7-10-15(17)14(2)3/h7-8,10-11,13-14H,4-6,9,12H2,1-3H3,(H,24,25,26). The molecule has 1 aromatic carbocycles. The van der Waals surface area contributed by atoms with Crippen LogP contribution in [-0.2, 0) is 6.18 Å². The molecule has 0 radical (unpaired) electrons. The summed E-state index contributed by atoms with van der Waals surface area (Å²) in [5, 5.41) is 3.01. The van der Waals surface area contributed by atoms with Crippen molar-refractivity contribution in [2.24, 2.45) is 0 Å². The first-order valence-electron chi connectivity index (χ1n) is 9.26. The fourth-order valence-corrected chi connectivity index (χ4v) is 2.66. The van der Waals surface area contributed by atoms with Crippen LogP contribution < -0.4 is 10.1 Å². The van der Waals surface area contributed by atoms with Crippen molar-refractivity contribution in [2.45, 2.75) is 58.5 Å². The molecule has 0 spiro atoms. The summed E-state index contributed by atoms with van der Waals surface area (Å²) in [7, 11) is 0. The molecule has 0 aliphatic heterocycles. The molecule has 0 fully saturated rings. The molecule has 2 rings (SSSR count). The van der Waals surface area contributed by atoms with E-state index in [1.807, 2.05) is 38.1 Å². The first-order valence-corrected chi connectivity index (χ1v) is 9.26. The number of hydrogen-bond acceptors (Lipinski definition) is 4. The highest BCUT2D eigenvalue weighted by atomic mass is 19.4. The van der Waals surface area contributed by atoms with Gasteiger partial charge in [-0.2, -0.15) is 18.2 Å². The van der Waals surface area contributed by atoms with Crippen LogP contribution in [-0.4, -0.2) is 16.6 Å². The summed E-state index contributed by atoms with van der Waals surface area (Å²) in [4.78, 5) is 7.83. The van der Waals surface area contributed by atoms with Gasteiger partial charge >= 0.3 is 6.18 Å². The van der Waals surface area contributed by atoms with Crippen molar-refractivity contribution >= 4 is 11.6 Å². The van der Waals surface area contributed by atoms with Gasteiger partial charge < -0.3 is 10.1 Å². The zero-order chi connectivity index (χ0) is 19.9. The Bertz CT molecular complexity index is 733. The molecule has 0 unspecified atom stereocenters. The van der Waals surface area contributed by atoms with Gasteiger partial charge in [0.05, 0.1) is 6.61 Å². The molecule has 0 aliphatic rings. The van der Waals surface area contributed by atoms with Crippen molar-refractivity contribution in [1.29, 1.82) is 0 Å². The number of ether oxygens (including phenoxy) is 1. The molecule has 27 heavy (non-hydrogen) atoms. The van der Waals surface area contributed by atoms with Crippen molar-refractivity contribution in [3.05, 3.63) is 41.6 Å².